The van der Waals surface area contributed by atoms with Crippen molar-refractivity contribution in [2.24, 2.45) is 5.41 Å². The molecule has 0 heterocycles. The van der Waals surface area contributed by atoms with E-state index in [0.29, 0.717) is 12.0 Å². The molecule has 148 valence electrons. The molecule has 0 radical (unpaired) electrons. The molecule has 0 aliphatic heterocycles. The minimum atomic E-state index is -0.525. The number of rotatable bonds is 7. The van der Waals surface area contributed by atoms with Crippen LogP contribution in [-0.2, 0) is 24.2 Å². The first-order valence-corrected chi connectivity index (χ1v) is 9.71. The summed E-state index contributed by atoms with van der Waals surface area (Å²) in [5.74, 6) is -0.525. The highest BCUT2D eigenvalue weighted by molar-refractivity contribution is 5.93. The van der Waals surface area contributed by atoms with Crippen molar-refractivity contribution in [3.63, 3.8) is 0 Å². The first-order valence-electron chi connectivity index (χ1n) is 9.71. The van der Waals surface area contributed by atoms with Crippen LogP contribution in [0.2, 0.25) is 0 Å². The summed E-state index contributed by atoms with van der Waals surface area (Å²) in [4.78, 5) is 26.0. The van der Waals surface area contributed by atoms with Crippen LogP contribution in [0.5, 0.6) is 0 Å². The van der Waals surface area contributed by atoms with E-state index in [1.54, 1.807) is 17.6 Å². The molecule has 5 nitrogen and oxygen atoms in total. The van der Waals surface area contributed by atoms with E-state index in [1.165, 1.54) is 16.7 Å². The van der Waals surface area contributed by atoms with Gasteiger partial charge in [-0.25, -0.2) is 5.48 Å². The Morgan fingerprint density at radius 1 is 1.21 bits per heavy atom. The SMILES string of the molecule is Cc1ccc(CN(C)CC[C@]2(C=O)CCc3ccc(C(=O)NO)cc3C2)cc1. The van der Waals surface area contributed by atoms with E-state index in [4.69, 9.17) is 5.21 Å². The van der Waals surface area contributed by atoms with Crippen LogP contribution in [0.25, 0.3) is 0 Å². The molecule has 0 aromatic heterocycles. The minimum Gasteiger partial charge on any atom is -0.303 e. The number of fused-ring (bicyclic) bond motifs is 1. The highest BCUT2D eigenvalue weighted by Crippen LogP contribution is 2.37. The Hall–Kier alpha value is -2.50. The molecule has 3 rings (SSSR count). The summed E-state index contributed by atoms with van der Waals surface area (Å²) in [7, 11) is 2.08. The van der Waals surface area contributed by atoms with Crippen molar-refractivity contribution in [2.75, 3.05) is 13.6 Å². The predicted octanol–water partition coefficient (Wildman–Crippen LogP) is 3.31. The zero-order valence-electron chi connectivity index (χ0n) is 16.6. The summed E-state index contributed by atoms with van der Waals surface area (Å²) in [6.07, 6.45) is 4.18. The second-order valence-corrected chi connectivity index (χ2v) is 8.05. The molecule has 1 atom stereocenters. The van der Waals surface area contributed by atoms with Gasteiger partial charge < -0.3 is 9.69 Å². The van der Waals surface area contributed by atoms with Crippen molar-refractivity contribution < 1.29 is 14.8 Å². The second kappa shape index (κ2) is 8.67. The quantitative estimate of drug-likeness (QED) is 0.439. The highest BCUT2D eigenvalue weighted by Gasteiger charge is 2.34. The second-order valence-electron chi connectivity index (χ2n) is 8.05. The molecular weight excluding hydrogens is 352 g/mol. The van der Waals surface area contributed by atoms with Gasteiger partial charge in [-0.2, -0.15) is 0 Å². The van der Waals surface area contributed by atoms with Crippen LogP contribution < -0.4 is 5.48 Å². The number of hydrogen-bond donors (Lipinski definition) is 2. The fourth-order valence-electron chi connectivity index (χ4n) is 3.96. The number of aryl methyl sites for hydroxylation is 2. The summed E-state index contributed by atoms with van der Waals surface area (Å²) >= 11 is 0. The van der Waals surface area contributed by atoms with Crippen molar-refractivity contribution in [1.82, 2.24) is 10.4 Å². The Morgan fingerprint density at radius 3 is 2.64 bits per heavy atom. The van der Waals surface area contributed by atoms with Gasteiger partial charge in [0.15, 0.2) is 0 Å². The van der Waals surface area contributed by atoms with E-state index < -0.39 is 11.3 Å². The van der Waals surface area contributed by atoms with Gasteiger partial charge in [-0.05, 0) is 75.0 Å². The van der Waals surface area contributed by atoms with E-state index in [9.17, 15) is 9.59 Å². The van der Waals surface area contributed by atoms with Gasteiger partial charge in [-0.15, -0.1) is 0 Å². The lowest BCUT2D eigenvalue weighted by molar-refractivity contribution is -0.117. The van der Waals surface area contributed by atoms with Gasteiger partial charge in [0.05, 0.1) is 0 Å². The first-order chi connectivity index (χ1) is 13.4. The average Bonchev–Trinajstić information content (AvgIpc) is 2.72. The van der Waals surface area contributed by atoms with Gasteiger partial charge in [-0.3, -0.25) is 10.0 Å². The van der Waals surface area contributed by atoms with Crippen LogP contribution in [0.3, 0.4) is 0 Å². The number of aldehydes is 1. The van der Waals surface area contributed by atoms with Crippen LogP contribution in [0, 0.1) is 12.3 Å². The van der Waals surface area contributed by atoms with Gasteiger partial charge in [0, 0.05) is 17.5 Å². The molecule has 0 saturated carbocycles. The van der Waals surface area contributed by atoms with Crippen LogP contribution in [-0.4, -0.2) is 35.9 Å². The van der Waals surface area contributed by atoms with Gasteiger partial charge >= 0.3 is 0 Å². The van der Waals surface area contributed by atoms with Crippen molar-refractivity contribution in [3.8, 4) is 0 Å². The summed E-state index contributed by atoms with van der Waals surface area (Å²) in [6.45, 7) is 3.77. The average molecular weight is 380 g/mol. The lowest BCUT2D eigenvalue weighted by atomic mass is 9.70. The molecule has 0 bridgehead atoms. The highest BCUT2D eigenvalue weighted by atomic mass is 16.5. The number of carbonyl (C=O) groups is 2. The molecule has 2 aromatic carbocycles. The number of benzene rings is 2. The van der Waals surface area contributed by atoms with E-state index in [-0.39, 0.29) is 0 Å². The maximum atomic E-state index is 12.0. The van der Waals surface area contributed by atoms with Crippen LogP contribution in [0.1, 0.15) is 45.5 Å². The van der Waals surface area contributed by atoms with E-state index in [0.717, 1.165) is 44.2 Å². The lowest BCUT2D eigenvalue weighted by Crippen LogP contribution is -2.35. The molecule has 28 heavy (non-hydrogen) atoms. The van der Waals surface area contributed by atoms with E-state index in [2.05, 4.69) is 43.1 Å². The summed E-state index contributed by atoms with van der Waals surface area (Å²) in [5, 5.41) is 8.86. The maximum Gasteiger partial charge on any atom is 0.274 e. The Labute approximate surface area is 166 Å². The van der Waals surface area contributed by atoms with Crippen LogP contribution in [0.4, 0.5) is 0 Å². The molecule has 5 heteroatoms. The lowest BCUT2D eigenvalue weighted by Gasteiger charge is -2.35. The molecule has 1 aliphatic carbocycles. The summed E-state index contributed by atoms with van der Waals surface area (Å²) < 4.78 is 0. The van der Waals surface area contributed by atoms with Crippen LogP contribution >= 0.6 is 0 Å². The number of hydroxylamine groups is 1. The van der Waals surface area contributed by atoms with Crippen molar-refractivity contribution in [1.29, 1.82) is 0 Å². The smallest absolute Gasteiger partial charge is 0.274 e. The van der Waals surface area contributed by atoms with E-state index >= 15 is 0 Å². The van der Waals surface area contributed by atoms with Crippen molar-refractivity contribution in [2.45, 2.75) is 39.2 Å². The normalized spacial score (nSPS) is 18.6. The fraction of sp³-hybridized carbons (Fsp3) is 0.391. The third-order valence-corrected chi connectivity index (χ3v) is 5.82. The number of nitrogens with one attached hydrogen (secondary N) is 1. The molecule has 1 amide bonds. The Bertz CT molecular complexity index is 847. The molecule has 0 saturated heterocycles. The first kappa shape index (κ1) is 20.2. The topological polar surface area (TPSA) is 69.6 Å². The van der Waals surface area contributed by atoms with E-state index in [1.807, 2.05) is 6.07 Å². The molecule has 2 aromatic rings. The standard InChI is InChI=1S/C23H28N2O3/c1-17-3-5-18(6-4-17)15-25(2)12-11-23(16-26)10-9-19-7-8-20(22(27)24-28)13-21(19)14-23/h3-8,13,16,28H,9-12,14-15H2,1-2H3,(H,24,27)/t23-/m1/s1. The number of carbonyl (C=O) groups excluding carboxylic acids is 2. The summed E-state index contributed by atoms with van der Waals surface area (Å²) in [6, 6.07) is 14.0. The maximum absolute atomic E-state index is 12.0. The predicted molar refractivity (Wildman–Crippen MR) is 108 cm³/mol. The molecule has 0 fully saturated rings. The van der Waals surface area contributed by atoms with Gasteiger partial charge in [0.1, 0.15) is 6.29 Å². The monoisotopic (exact) mass is 380 g/mol. The Balaban J connectivity index is 1.66. The zero-order valence-corrected chi connectivity index (χ0v) is 16.6. The largest absolute Gasteiger partial charge is 0.303 e. The van der Waals surface area contributed by atoms with Gasteiger partial charge in [0.25, 0.3) is 5.91 Å². The molecular formula is C23H28N2O3. The number of hydrogen-bond acceptors (Lipinski definition) is 4. The molecule has 0 unspecified atom stereocenters. The van der Waals surface area contributed by atoms with Gasteiger partial charge in [0.2, 0.25) is 0 Å². The third-order valence-electron chi connectivity index (χ3n) is 5.82. The van der Waals surface area contributed by atoms with Crippen molar-refractivity contribution >= 4 is 12.2 Å². The van der Waals surface area contributed by atoms with Crippen molar-refractivity contribution in [3.05, 3.63) is 70.3 Å². The Morgan fingerprint density at radius 2 is 1.96 bits per heavy atom. The summed E-state index contributed by atoms with van der Waals surface area (Å²) in [5.41, 5.74) is 6.42. The van der Waals surface area contributed by atoms with Gasteiger partial charge in [-0.1, -0.05) is 35.9 Å². The van der Waals surface area contributed by atoms with Crippen LogP contribution in [0.15, 0.2) is 42.5 Å². The fourth-order valence-corrected chi connectivity index (χ4v) is 3.96. The Kier molecular flexibility index (Phi) is 6.27. The molecule has 0 spiro atoms. The number of nitrogens with zero attached hydrogens (tertiary/aromatic N) is 1. The molecule has 2 N–H and O–H groups in total. The zero-order chi connectivity index (χ0) is 20.1. The number of amides is 1. The third kappa shape index (κ3) is 4.66. The molecule has 1 aliphatic rings. The minimum absolute atomic E-state index is 0.400.